The Morgan fingerprint density at radius 2 is 1.79 bits per heavy atom. The fourth-order valence-electron chi connectivity index (χ4n) is 3.02. The van der Waals surface area contributed by atoms with Crippen molar-refractivity contribution in [1.29, 1.82) is 0 Å². The van der Waals surface area contributed by atoms with E-state index in [0.717, 1.165) is 18.1 Å². The number of aromatic amines is 1. The number of hydrogen-bond donors (Lipinski definition) is 1. The van der Waals surface area contributed by atoms with Gasteiger partial charge >= 0.3 is 0 Å². The normalized spacial score (nSPS) is 16.8. The summed E-state index contributed by atoms with van der Waals surface area (Å²) in [6, 6.07) is 11.2. The highest BCUT2D eigenvalue weighted by atomic mass is 35.5. The van der Waals surface area contributed by atoms with E-state index in [0.29, 0.717) is 18.7 Å². The van der Waals surface area contributed by atoms with Crippen LogP contribution in [0.1, 0.15) is 28.9 Å². The first-order valence-corrected chi connectivity index (χ1v) is 8.40. The van der Waals surface area contributed by atoms with Gasteiger partial charge in [-0.1, -0.05) is 23.7 Å². The molecule has 1 aliphatic heterocycles. The van der Waals surface area contributed by atoms with Gasteiger partial charge in [-0.05, 0) is 30.7 Å². The Morgan fingerprint density at radius 1 is 1.12 bits per heavy atom. The Hall–Kier alpha value is -2.11. The smallest absolute Gasteiger partial charge is 0.254 e. The molecule has 1 fully saturated rings. The number of H-pyrrole nitrogens is 1. The lowest BCUT2D eigenvalue weighted by atomic mass is 10.1. The molecule has 2 aromatic rings. The number of benzene rings is 1. The van der Waals surface area contributed by atoms with Crippen LogP contribution in [0.3, 0.4) is 0 Å². The Bertz CT molecular complexity index is 764. The van der Waals surface area contributed by atoms with Crippen LogP contribution in [0.5, 0.6) is 0 Å². The first-order chi connectivity index (χ1) is 11.5. The molecule has 5 nitrogen and oxygen atoms in total. The average molecular weight is 346 g/mol. The number of pyridine rings is 1. The summed E-state index contributed by atoms with van der Waals surface area (Å²) < 4.78 is 0. The summed E-state index contributed by atoms with van der Waals surface area (Å²) in [4.78, 5) is 30.5. The molecule has 1 atom stereocenters. The first-order valence-electron chi connectivity index (χ1n) is 8.02. The highest BCUT2D eigenvalue weighted by Gasteiger charge is 2.25. The molecule has 1 saturated heterocycles. The molecule has 0 spiro atoms. The van der Waals surface area contributed by atoms with Gasteiger partial charge in [0.15, 0.2) is 0 Å². The molecule has 24 heavy (non-hydrogen) atoms. The Labute approximate surface area is 145 Å². The maximum absolute atomic E-state index is 12.5. The third-order valence-electron chi connectivity index (χ3n) is 4.52. The van der Waals surface area contributed by atoms with Gasteiger partial charge in [-0.3, -0.25) is 14.5 Å². The molecule has 3 rings (SSSR count). The quantitative estimate of drug-likeness (QED) is 0.930. The summed E-state index contributed by atoms with van der Waals surface area (Å²) in [5.74, 6) is -0.0834. The van der Waals surface area contributed by atoms with Crippen molar-refractivity contribution in [3.8, 4) is 0 Å². The van der Waals surface area contributed by atoms with Crippen molar-refractivity contribution < 1.29 is 4.79 Å². The third kappa shape index (κ3) is 3.68. The van der Waals surface area contributed by atoms with Crippen molar-refractivity contribution in [3.05, 3.63) is 69.1 Å². The molecule has 0 bridgehead atoms. The number of hydrogen-bond acceptors (Lipinski definition) is 3. The van der Waals surface area contributed by atoms with E-state index in [1.807, 2.05) is 24.3 Å². The standard InChI is InChI=1S/C18H20ClN3O2/c1-13(14-2-4-16(19)5-3-14)21-8-10-22(11-9-21)18(24)15-6-7-20-17(23)12-15/h2-7,12-13H,8-11H2,1H3,(H,20,23)/t13-/m0/s1. The zero-order valence-electron chi connectivity index (χ0n) is 13.5. The number of carbonyl (C=O) groups is 1. The number of halogens is 1. The van der Waals surface area contributed by atoms with Gasteiger partial charge in [-0.15, -0.1) is 0 Å². The Morgan fingerprint density at radius 3 is 2.42 bits per heavy atom. The fourth-order valence-corrected chi connectivity index (χ4v) is 3.15. The van der Waals surface area contributed by atoms with Crippen molar-refractivity contribution in [3.63, 3.8) is 0 Å². The highest BCUT2D eigenvalue weighted by Crippen LogP contribution is 2.23. The van der Waals surface area contributed by atoms with Gasteiger partial charge in [0.2, 0.25) is 5.56 Å². The van der Waals surface area contributed by atoms with E-state index in [9.17, 15) is 9.59 Å². The van der Waals surface area contributed by atoms with E-state index in [1.54, 1.807) is 11.0 Å². The van der Waals surface area contributed by atoms with Crippen molar-refractivity contribution in [1.82, 2.24) is 14.8 Å². The Balaban J connectivity index is 1.62. The fraction of sp³-hybridized carbons (Fsp3) is 0.333. The number of aromatic nitrogens is 1. The molecule has 1 amide bonds. The van der Waals surface area contributed by atoms with Gasteiger partial charge in [0.25, 0.3) is 5.91 Å². The molecule has 6 heteroatoms. The topological polar surface area (TPSA) is 56.4 Å². The van der Waals surface area contributed by atoms with E-state index in [2.05, 4.69) is 16.8 Å². The molecule has 2 heterocycles. The van der Waals surface area contributed by atoms with Gasteiger partial charge < -0.3 is 9.88 Å². The maximum Gasteiger partial charge on any atom is 0.254 e. The zero-order valence-corrected chi connectivity index (χ0v) is 14.3. The van der Waals surface area contributed by atoms with Crippen LogP contribution < -0.4 is 5.56 Å². The molecule has 0 saturated carbocycles. The van der Waals surface area contributed by atoms with Gasteiger partial charge in [0, 0.05) is 55.1 Å². The number of nitrogens with zero attached hydrogens (tertiary/aromatic N) is 2. The zero-order chi connectivity index (χ0) is 17.1. The van der Waals surface area contributed by atoms with Crippen molar-refractivity contribution in [2.24, 2.45) is 0 Å². The SMILES string of the molecule is C[C@@H](c1ccc(Cl)cc1)N1CCN(C(=O)c2cc[nH]c(=O)c2)CC1. The van der Waals surface area contributed by atoms with Crippen molar-refractivity contribution in [2.75, 3.05) is 26.2 Å². The lowest BCUT2D eigenvalue weighted by Gasteiger charge is -2.38. The molecular weight excluding hydrogens is 326 g/mol. The summed E-state index contributed by atoms with van der Waals surface area (Å²) in [7, 11) is 0. The predicted molar refractivity (Wildman–Crippen MR) is 94.4 cm³/mol. The van der Waals surface area contributed by atoms with Crippen LogP contribution in [0.25, 0.3) is 0 Å². The molecule has 1 aromatic heterocycles. The van der Waals surface area contributed by atoms with Crippen LogP contribution >= 0.6 is 11.6 Å². The van der Waals surface area contributed by atoms with E-state index in [4.69, 9.17) is 11.6 Å². The molecule has 0 aliphatic carbocycles. The molecule has 0 radical (unpaired) electrons. The number of nitrogens with one attached hydrogen (secondary N) is 1. The molecule has 1 N–H and O–H groups in total. The number of rotatable bonds is 3. The molecule has 1 aliphatic rings. The van der Waals surface area contributed by atoms with Gasteiger partial charge in [0.1, 0.15) is 0 Å². The number of amides is 1. The van der Waals surface area contributed by atoms with Crippen LogP contribution in [0, 0.1) is 0 Å². The van der Waals surface area contributed by atoms with Crippen LogP contribution in [0.2, 0.25) is 5.02 Å². The van der Waals surface area contributed by atoms with Gasteiger partial charge in [0.05, 0.1) is 0 Å². The minimum Gasteiger partial charge on any atom is -0.336 e. The van der Waals surface area contributed by atoms with Crippen molar-refractivity contribution in [2.45, 2.75) is 13.0 Å². The molecule has 1 aromatic carbocycles. The van der Waals surface area contributed by atoms with E-state index in [1.165, 1.54) is 17.8 Å². The van der Waals surface area contributed by atoms with Crippen LogP contribution in [0.4, 0.5) is 0 Å². The summed E-state index contributed by atoms with van der Waals surface area (Å²) in [6.45, 7) is 5.09. The van der Waals surface area contributed by atoms with Crippen LogP contribution in [-0.4, -0.2) is 46.9 Å². The lowest BCUT2D eigenvalue weighted by molar-refractivity contribution is 0.0582. The van der Waals surface area contributed by atoms with E-state index < -0.39 is 0 Å². The third-order valence-corrected chi connectivity index (χ3v) is 4.78. The van der Waals surface area contributed by atoms with Crippen molar-refractivity contribution >= 4 is 17.5 Å². The second-order valence-electron chi connectivity index (χ2n) is 6.00. The van der Waals surface area contributed by atoms with E-state index >= 15 is 0 Å². The largest absolute Gasteiger partial charge is 0.336 e. The first kappa shape index (κ1) is 16.7. The highest BCUT2D eigenvalue weighted by molar-refractivity contribution is 6.30. The monoisotopic (exact) mass is 345 g/mol. The second-order valence-corrected chi connectivity index (χ2v) is 6.43. The second kappa shape index (κ2) is 7.20. The summed E-state index contributed by atoms with van der Waals surface area (Å²) in [5, 5.41) is 0.735. The summed E-state index contributed by atoms with van der Waals surface area (Å²) in [6.07, 6.45) is 1.51. The van der Waals surface area contributed by atoms with Gasteiger partial charge in [-0.25, -0.2) is 0 Å². The molecule has 0 unspecified atom stereocenters. The summed E-state index contributed by atoms with van der Waals surface area (Å²) in [5.41, 5.74) is 1.41. The van der Waals surface area contributed by atoms with E-state index in [-0.39, 0.29) is 17.5 Å². The minimum atomic E-state index is -0.254. The lowest BCUT2D eigenvalue weighted by Crippen LogP contribution is -2.49. The van der Waals surface area contributed by atoms with Gasteiger partial charge in [-0.2, -0.15) is 0 Å². The molecular formula is C18H20ClN3O2. The minimum absolute atomic E-state index is 0.0834. The number of carbonyl (C=O) groups excluding carboxylic acids is 1. The number of piperazine rings is 1. The molecule has 126 valence electrons. The predicted octanol–water partition coefficient (Wildman–Crippen LogP) is 2.55. The maximum atomic E-state index is 12.5. The Kier molecular flexibility index (Phi) is 5.02. The summed E-state index contributed by atoms with van der Waals surface area (Å²) >= 11 is 5.94. The van der Waals surface area contributed by atoms with Crippen LogP contribution in [0.15, 0.2) is 47.4 Å². The van der Waals surface area contributed by atoms with Crippen LogP contribution in [-0.2, 0) is 0 Å². The average Bonchev–Trinajstić information content (AvgIpc) is 2.61.